The summed E-state index contributed by atoms with van der Waals surface area (Å²) in [6.07, 6.45) is 10.4. The van der Waals surface area contributed by atoms with Crippen LogP contribution in [0.25, 0.3) is 0 Å². The molecule has 0 bridgehead atoms. The maximum Gasteiger partial charge on any atom is 0.251 e. The van der Waals surface area contributed by atoms with Crippen molar-refractivity contribution in [3.8, 4) is 0 Å². The summed E-state index contributed by atoms with van der Waals surface area (Å²) in [7, 11) is 0. The zero-order valence-corrected chi connectivity index (χ0v) is 22.0. The van der Waals surface area contributed by atoms with Crippen molar-refractivity contribution in [1.29, 1.82) is 0 Å². The number of fused-ring (bicyclic) bond motifs is 1. The summed E-state index contributed by atoms with van der Waals surface area (Å²) in [4.78, 5) is 32.4. The van der Waals surface area contributed by atoms with Crippen LogP contribution in [0, 0.1) is 5.92 Å². The van der Waals surface area contributed by atoms with Gasteiger partial charge in [0.2, 0.25) is 5.91 Å². The first-order valence-electron chi connectivity index (χ1n) is 13.3. The van der Waals surface area contributed by atoms with E-state index in [2.05, 4.69) is 34.0 Å². The highest BCUT2D eigenvalue weighted by molar-refractivity contribution is 5.98. The van der Waals surface area contributed by atoms with Crippen LogP contribution in [0.2, 0.25) is 0 Å². The Kier molecular flexibility index (Phi) is 10.3. The number of aryl methyl sites for hydroxylation is 1. The quantitative estimate of drug-likeness (QED) is 0.553. The molecule has 2 amide bonds. The lowest BCUT2D eigenvalue weighted by atomic mass is 10.0. The van der Waals surface area contributed by atoms with E-state index >= 15 is 0 Å². The van der Waals surface area contributed by atoms with Gasteiger partial charge in [-0.25, -0.2) is 4.98 Å². The van der Waals surface area contributed by atoms with Gasteiger partial charge >= 0.3 is 0 Å². The third kappa shape index (κ3) is 7.66. The van der Waals surface area contributed by atoms with Crippen LogP contribution in [0.3, 0.4) is 0 Å². The number of imidazole rings is 1. The second kappa shape index (κ2) is 13.4. The first-order valence-corrected chi connectivity index (χ1v) is 13.3. The number of aromatic nitrogens is 2. The van der Waals surface area contributed by atoms with Crippen LogP contribution >= 0.6 is 0 Å². The molecular formula is C28H43N5O2. The molecule has 7 heteroatoms. The Morgan fingerprint density at radius 2 is 1.86 bits per heavy atom. The standard InChI is InChI=1S/C28H43N5O2/c1-21(2)26-30-15-18-32(26)16-10-14-31-27(34)23-11-12-25-24(19-23)20-29-13-8-6-5-7-9-17-33(25)28(35)22(3)4/h11-12,15,18-19,21-22,29H,5-10,13-14,16-17,20H2,1-4H3,(H,31,34). The van der Waals surface area contributed by atoms with Crippen LogP contribution in [-0.4, -0.2) is 41.0 Å². The summed E-state index contributed by atoms with van der Waals surface area (Å²) < 4.78 is 2.16. The molecule has 0 atom stereocenters. The molecule has 2 heterocycles. The molecule has 1 aliphatic rings. The van der Waals surface area contributed by atoms with E-state index in [1.807, 2.05) is 49.3 Å². The second-order valence-corrected chi connectivity index (χ2v) is 10.2. The zero-order chi connectivity index (χ0) is 25.2. The molecule has 3 rings (SSSR count). The van der Waals surface area contributed by atoms with E-state index < -0.39 is 0 Å². The number of nitrogens with zero attached hydrogens (tertiary/aromatic N) is 3. The molecule has 0 spiro atoms. The minimum absolute atomic E-state index is 0.0709. The third-order valence-corrected chi connectivity index (χ3v) is 6.57. The monoisotopic (exact) mass is 481 g/mol. The van der Waals surface area contributed by atoms with Gasteiger partial charge in [-0.05, 0) is 49.6 Å². The minimum Gasteiger partial charge on any atom is -0.352 e. The van der Waals surface area contributed by atoms with E-state index in [1.54, 1.807) is 0 Å². The van der Waals surface area contributed by atoms with Gasteiger partial charge in [0.15, 0.2) is 0 Å². The molecule has 0 radical (unpaired) electrons. The molecule has 0 fully saturated rings. The number of carbonyl (C=O) groups is 2. The first kappa shape index (κ1) is 26.9. The van der Waals surface area contributed by atoms with Gasteiger partial charge in [0.1, 0.15) is 5.82 Å². The van der Waals surface area contributed by atoms with Crippen molar-refractivity contribution in [2.75, 3.05) is 24.5 Å². The lowest BCUT2D eigenvalue weighted by Gasteiger charge is -2.28. The Bertz CT molecular complexity index is 966. The number of anilines is 1. The first-order chi connectivity index (χ1) is 16.9. The Hall–Kier alpha value is -2.67. The summed E-state index contributed by atoms with van der Waals surface area (Å²) in [6.45, 7) is 11.9. The van der Waals surface area contributed by atoms with Crippen LogP contribution in [-0.2, 0) is 17.9 Å². The largest absolute Gasteiger partial charge is 0.352 e. The van der Waals surface area contributed by atoms with Gasteiger partial charge in [0, 0.05) is 61.7 Å². The summed E-state index contributed by atoms with van der Waals surface area (Å²) in [6, 6.07) is 5.77. The number of hydrogen-bond donors (Lipinski definition) is 2. The van der Waals surface area contributed by atoms with Crippen molar-refractivity contribution in [2.24, 2.45) is 5.92 Å². The van der Waals surface area contributed by atoms with Crippen molar-refractivity contribution in [3.05, 3.63) is 47.5 Å². The molecule has 35 heavy (non-hydrogen) atoms. The number of hydrogen-bond acceptors (Lipinski definition) is 4. The smallest absolute Gasteiger partial charge is 0.251 e. The van der Waals surface area contributed by atoms with Crippen LogP contribution in [0.1, 0.15) is 93.9 Å². The van der Waals surface area contributed by atoms with E-state index in [-0.39, 0.29) is 17.7 Å². The fourth-order valence-electron chi connectivity index (χ4n) is 4.63. The summed E-state index contributed by atoms with van der Waals surface area (Å²) in [5, 5.41) is 6.58. The van der Waals surface area contributed by atoms with E-state index in [9.17, 15) is 9.59 Å². The number of amides is 2. The van der Waals surface area contributed by atoms with E-state index in [1.165, 1.54) is 12.8 Å². The molecule has 192 valence electrons. The average molecular weight is 482 g/mol. The molecule has 0 unspecified atom stereocenters. The molecule has 2 N–H and O–H groups in total. The highest BCUT2D eigenvalue weighted by Crippen LogP contribution is 2.25. The lowest BCUT2D eigenvalue weighted by molar-refractivity contribution is -0.121. The molecule has 1 aliphatic heterocycles. The van der Waals surface area contributed by atoms with Gasteiger partial charge in [0.05, 0.1) is 0 Å². The molecule has 0 saturated carbocycles. The summed E-state index contributed by atoms with van der Waals surface area (Å²) in [5.74, 6) is 1.44. The predicted octanol–water partition coefficient (Wildman–Crippen LogP) is 4.87. The number of nitrogens with one attached hydrogen (secondary N) is 2. The van der Waals surface area contributed by atoms with E-state index in [0.29, 0.717) is 24.6 Å². The van der Waals surface area contributed by atoms with Crippen molar-refractivity contribution < 1.29 is 9.59 Å². The van der Waals surface area contributed by atoms with Gasteiger partial charge in [-0.3, -0.25) is 9.59 Å². The Balaban J connectivity index is 1.69. The topological polar surface area (TPSA) is 79.3 Å². The minimum atomic E-state index is -0.0737. The van der Waals surface area contributed by atoms with Crippen LogP contribution in [0.15, 0.2) is 30.6 Å². The molecule has 1 aromatic carbocycles. The summed E-state index contributed by atoms with van der Waals surface area (Å²) in [5.41, 5.74) is 2.57. The highest BCUT2D eigenvalue weighted by Gasteiger charge is 2.22. The fraction of sp³-hybridized carbons (Fsp3) is 0.607. The van der Waals surface area contributed by atoms with Crippen molar-refractivity contribution in [3.63, 3.8) is 0 Å². The highest BCUT2D eigenvalue weighted by atomic mass is 16.2. The zero-order valence-electron chi connectivity index (χ0n) is 22.0. The molecule has 2 aromatic rings. The molecular weight excluding hydrogens is 438 g/mol. The SMILES string of the molecule is CC(C)C(=O)N1CCCCCCCNCc2cc(C(=O)NCCCn3ccnc3C(C)C)ccc21. The summed E-state index contributed by atoms with van der Waals surface area (Å²) >= 11 is 0. The maximum atomic E-state index is 13.1. The van der Waals surface area contributed by atoms with Crippen molar-refractivity contribution in [1.82, 2.24) is 20.2 Å². The predicted molar refractivity (Wildman–Crippen MR) is 142 cm³/mol. The van der Waals surface area contributed by atoms with Gasteiger partial charge in [-0.15, -0.1) is 0 Å². The van der Waals surface area contributed by atoms with Crippen molar-refractivity contribution in [2.45, 2.75) is 85.2 Å². The maximum absolute atomic E-state index is 13.1. The molecule has 0 saturated heterocycles. The third-order valence-electron chi connectivity index (χ3n) is 6.57. The second-order valence-electron chi connectivity index (χ2n) is 10.2. The van der Waals surface area contributed by atoms with Crippen LogP contribution in [0.5, 0.6) is 0 Å². The van der Waals surface area contributed by atoms with Crippen LogP contribution < -0.4 is 15.5 Å². The van der Waals surface area contributed by atoms with Gasteiger partial charge in [-0.2, -0.15) is 0 Å². The normalized spacial score (nSPS) is 15.4. The van der Waals surface area contributed by atoms with E-state index in [0.717, 1.165) is 62.4 Å². The number of benzene rings is 1. The Labute approximate surface area is 210 Å². The fourth-order valence-corrected chi connectivity index (χ4v) is 4.63. The number of rotatable bonds is 7. The molecule has 7 nitrogen and oxygen atoms in total. The van der Waals surface area contributed by atoms with E-state index in [4.69, 9.17) is 0 Å². The molecule has 0 aliphatic carbocycles. The van der Waals surface area contributed by atoms with Crippen LogP contribution in [0.4, 0.5) is 5.69 Å². The number of carbonyl (C=O) groups excluding carboxylic acids is 2. The van der Waals surface area contributed by atoms with Gasteiger partial charge in [0.25, 0.3) is 5.91 Å². The Morgan fingerprint density at radius 3 is 2.63 bits per heavy atom. The van der Waals surface area contributed by atoms with Gasteiger partial charge < -0.3 is 20.1 Å². The van der Waals surface area contributed by atoms with Crippen molar-refractivity contribution >= 4 is 17.5 Å². The average Bonchev–Trinajstić information content (AvgIpc) is 3.30. The Morgan fingerprint density at radius 1 is 1.09 bits per heavy atom. The van der Waals surface area contributed by atoms with Gasteiger partial charge in [-0.1, -0.05) is 47.0 Å². The molecule has 1 aromatic heterocycles. The lowest BCUT2D eigenvalue weighted by Crippen LogP contribution is -2.36.